The third-order valence-corrected chi connectivity index (χ3v) is 2.65. The summed E-state index contributed by atoms with van der Waals surface area (Å²) in [5.74, 6) is -1.05. The van der Waals surface area contributed by atoms with E-state index in [9.17, 15) is 4.79 Å². The van der Waals surface area contributed by atoms with Crippen LogP contribution in [0.4, 0.5) is 0 Å². The van der Waals surface area contributed by atoms with Crippen molar-refractivity contribution in [2.24, 2.45) is 5.73 Å². The normalized spacial score (nSPS) is 12.5. The molecule has 3 nitrogen and oxygen atoms in total. The maximum Gasteiger partial charge on any atom is 0.320 e. The van der Waals surface area contributed by atoms with Crippen molar-refractivity contribution in [3.8, 4) is 0 Å². The number of rotatable bonds is 3. The molecule has 0 fully saturated rings. The third kappa shape index (κ3) is 2.61. The molecule has 14 heavy (non-hydrogen) atoms. The number of benzene rings is 1. The standard InChI is InChI=1S/C9H9Cl2NO2/c10-6-3-1-2-5(8(6)11)4-7(12)9(13)14/h1-3,7H,4,12H2,(H,13,14). The quantitative estimate of drug-likeness (QED) is 0.839. The Morgan fingerprint density at radius 3 is 2.71 bits per heavy atom. The Kier molecular flexibility index (Phi) is 3.75. The van der Waals surface area contributed by atoms with E-state index in [1.165, 1.54) is 0 Å². The Bertz CT molecular complexity index is 355. The molecule has 0 saturated heterocycles. The first-order valence-electron chi connectivity index (χ1n) is 3.93. The van der Waals surface area contributed by atoms with Crippen LogP contribution in [-0.4, -0.2) is 17.1 Å². The molecular formula is C9H9Cl2NO2. The predicted octanol–water partition coefficient (Wildman–Crippen LogP) is 1.95. The molecule has 0 aliphatic rings. The van der Waals surface area contributed by atoms with Crippen molar-refractivity contribution in [3.63, 3.8) is 0 Å². The van der Waals surface area contributed by atoms with Crippen LogP contribution in [0.3, 0.4) is 0 Å². The van der Waals surface area contributed by atoms with Gasteiger partial charge >= 0.3 is 5.97 Å². The van der Waals surface area contributed by atoms with Gasteiger partial charge in [-0.2, -0.15) is 0 Å². The zero-order chi connectivity index (χ0) is 10.7. The fourth-order valence-electron chi connectivity index (χ4n) is 1.03. The average molecular weight is 234 g/mol. The van der Waals surface area contributed by atoms with Crippen molar-refractivity contribution in [1.82, 2.24) is 0 Å². The Morgan fingerprint density at radius 2 is 2.14 bits per heavy atom. The summed E-state index contributed by atoms with van der Waals surface area (Å²) in [6.07, 6.45) is 0.175. The van der Waals surface area contributed by atoms with E-state index in [1.54, 1.807) is 18.2 Å². The average Bonchev–Trinajstić information content (AvgIpc) is 2.12. The fourth-order valence-corrected chi connectivity index (χ4v) is 1.43. The van der Waals surface area contributed by atoms with E-state index in [1.807, 2.05) is 0 Å². The van der Waals surface area contributed by atoms with Crippen LogP contribution in [0.2, 0.25) is 10.0 Å². The van der Waals surface area contributed by atoms with Crippen LogP contribution in [0, 0.1) is 0 Å². The lowest BCUT2D eigenvalue weighted by Crippen LogP contribution is -2.32. The molecule has 0 saturated carbocycles. The van der Waals surface area contributed by atoms with Gasteiger partial charge in [0.05, 0.1) is 10.0 Å². The molecule has 1 aromatic rings. The van der Waals surface area contributed by atoms with Crippen molar-refractivity contribution in [3.05, 3.63) is 33.8 Å². The first-order chi connectivity index (χ1) is 6.52. The van der Waals surface area contributed by atoms with Crippen molar-refractivity contribution >= 4 is 29.2 Å². The van der Waals surface area contributed by atoms with E-state index in [0.717, 1.165) is 0 Å². The molecule has 1 aromatic carbocycles. The number of halogens is 2. The van der Waals surface area contributed by atoms with Gasteiger partial charge in [-0.15, -0.1) is 0 Å². The summed E-state index contributed by atoms with van der Waals surface area (Å²) in [4.78, 5) is 10.5. The van der Waals surface area contributed by atoms with E-state index in [4.69, 9.17) is 34.0 Å². The van der Waals surface area contributed by atoms with Crippen LogP contribution >= 0.6 is 23.2 Å². The van der Waals surface area contributed by atoms with Crippen LogP contribution in [0.1, 0.15) is 5.56 Å². The second-order valence-corrected chi connectivity index (χ2v) is 3.65. The van der Waals surface area contributed by atoms with Crippen LogP contribution in [0.25, 0.3) is 0 Å². The van der Waals surface area contributed by atoms with Gasteiger partial charge in [-0.1, -0.05) is 35.3 Å². The molecule has 3 N–H and O–H groups in total. The highest BCUT2D eigenvalue weighted by Crippen LogP contribution is 2.26. The van der Waals surface area contributed by atoms with Gasteiger partial charge in [0.1, 0.15) is 6.04 Å². The predicted molar refractivity (Wildman–Crippen MR) is 55.8 cm³/mol. The van der Waals surface area contributed by atoms with Crippen LogP contribution < -0.4 is 5.73 Å². The second kappa shape index (κ2) is 4.64. The van der Waals surface area contributed by atoms with Gasteiger partial charge in [-0.05, 0) is 18.1 Å². The molecule has 1 rings (SSSR count). The summed E-state index contributed by atoms with van der Waals surface area (Å²) in [5, 5.41) is 9.37. The van der Waals surface area contributed by atoms with Crippen LogP contribution in [-0.2, 0) is 11.2 Å². The van der Waals surface area contributed by atoms with Gasteiger partial charge in [0, 0.05) is 0 Å². The van der Waals surface area contributed by atoms with Gasteiger partial charge in [-0.3, -0.25) is 4.79 Å². The molecule has 0 aliphatic heterocycles. The van der Waals surface area contributed by atoms with Crippen molar-refractivity contribution in [1.29, 1.82) is 0 Å². The lowest BCUT2D eigenvalue weighted by atomic mass is 10.1. The molecule has 0 radical (unpaired) electrons. The molecule has 0 aromatic heterocycles. The lowest BCUT2D eigenvalue weighted by Gasteiger charge is -2.08. The largest absolute Gasteiger partial charge is 0.480 e. The topological polar surface area (TPSA) is 63.3 Å². The highest BCUT2D eigenvalue weighted by atomic mass is 35.5. The molecule has 1 unspecified atom stereocenters. The van der Waals surface area contributed by atoms with E-state index >= 15 is 0 Å². The van der Waals surface area contributed by atoms with Gasteiger partial charge in [0.15, 0.2) is 0 Å². The Labute approximate surface area is 91.4 Å². The van der Waals surface area contributed by atoms with Crippen molar-refractivity contribution in [2.75, 3.05) is 0 Å². The number of carboxylic acid groups (broad SMARTS) is 1. The highest BCUT2D eigenvalue weighted by molar-refractivity contribution is 6.42. The number of aliphatic carboxylic acids is 1. The molecule has 76 valence electrons. The van der Waals surface area contributed by atoms with Crippen molar-refractivity contribution < 1.29 is 9.90 Å². The van der Waals surface area contributed by atoms with Crippen molar-refractivity contribution in [2.45, 2.75) is 12.5 Å². The minimum Gasteiger partial charge on any atom is -0.480 e. The summed E-state index contributed by atoms with van der Waals surface area (Å²) in [5.41, 5.74) is 6.01. The number of nitrogens with two attached hydrogens (primary N) is 1. The first-order valence-corrected chi connectivity index (χ1v) is 4.69. The third-order valence-electron chi connectivity index (χ3n) is 1.79. The molecule has 0 bridgehead atoms. The number of hydrogen-bond acceptors (Lipinski definition) is 2. The highest BCUT2D eigenvalue weighted by Gasteiger charge is 2.14. The smallest absolute Gasteiger partial charge is 0.320 e. The number of carboxylic acids is 1. The minimum atomic E-state index is -1.05. The fraction of sp³-hybridized carbons (Fsp3) is 0.222. The molecule has 0 amide bonds. The Balaban J connectivity index is 2.87. The molecular weight excluding hydrogens is 225 g/mol. The van der Waals surface area contributed by atoms with E-state index in [-0.39, 0.29) is 6.42 Å². The Morgan fingerprint density at radius 1 is 1.50 bits per heavy atom. The number of hydrogen-bond donors (Lipinski definition) is 2. The zero-order valence-corrected chi connectivity index (χ0v) is 8.72. The summed E-state index contributed by atoms with van der Waals surface area (Å²) >= 11 is 11.6. The maximum atomic E-state index is 10.5. The summed E-state index contributed by atoms with van der Waals surface area (Å²) in [6.45, 7) is 0. The lowest BCUT2D eigenvalue weighted by molar-refractivity contribution is -0.138. The molecule has 0 aliphatic carbocycles. The molecule has 5 heteroatoms. The van der Waals surface area contributed by atoms with Gasteiger partial charge in [-0.25, -0.2) is 0 Å². The van der Waals surface area contributed by atoms with E-state index in [0.29, 0.717) is 15.6 Å². The summed E-state index contributed by atoms with van der Waals surface area (Å²) in [6, 6.07) is 4.10. The first kappa shape index (κ1) is 11.3. The van der Waals surface area contributed by atoms with E-state index in [2.05, 4.69) is 0 Å². The second-order valence-electron chi connectivity index (χ2n) is 2.86. The Hall–Kier alpha value is -0.770. The summed E-state index contributed by atoms with van der Waals surface area (Å²) in [7, 11) is 0. The zero-order valence-electron chi connectivity index (χ0n) is 7.21. The van der Waals surface area contributed by atoms with Gasteiger partial charge < -0.3 is 10.8 Å². The number of carbonyl (C=O) groups is 1. The molecule has 0 heterocycles. The molecule has 0 spiro atoms. The van der Waals surface area contributed by atoms with Gasteiger partial charge in [0.25, 0.3) is 0 Å². The monoisotopic (exact) mass is 233 g/mol. The molecule has 1 atom stereocenters. The van der Waals surface area contributed by atoms with Crippen LogP contribution in [0.5, 0.6) is 0 Å². The minimum absolute atomic E-state index is 0.175. The summed E-state index contributed by atoms with van der Waals surface area (Å²) < 4.78 is 0. The SMILES string of the molecule is NC(Cc1cccc(Cl)c1Cl)C(=O)O. The van der Waals surface area contributed by atoms with Crippen LogP contribution in [0.15, 0.2) is 18.2 Å². The van der Waals surface area contributed by atoms with E-state index < -0.39 is 12.0 Å². The maximum absolute atomic E-state index is 10.5. The van der Waals surface area contributed by atoms with Gasteiger partial charge in [0.2, 0.25) is 0 Å².